The molecule has 31 heavy (non-hydrogen) atoms. The summed E-state index contributed by atoms with van der Waals surface area (Å²) in [6.45, 7) is 8.84. The molecule has 0 radical (unpaired) electrons. The van der Waals surface area contributed by atoms with Gasteiger partial charge in [-0.05, 0) is 36.0 Å². The SMILES string of the molecule is COC[C@@]12CN(C(=O)CC(C)(C)C)CC[C@@H]1CN(c1ccc(C#N)c(C(F)(F)F)c1)C2. The van der Waals surface area contributed by atoms with Gasteiger partial charge in [0.2, 0.25) is 5.91 Å². The maximum atomic E-state index is 13.4. The van der Waals surface area contributed by atoms with Gasteiger partial charge in [0, 0.05) is 50.8 Å². The van der Waals surface area contributed by atoms with Crippen molar-refractivity contribution >= 4 is 11.6 Å². The number of carbonyl (C=O) groups excluding carboxylic acids is 1. The highest BCUT2D eigenvalue weighted by atomic mass is 19.4. The standard InChI is InChI=1S/C23H30F3N3O2/c1-21(2,3)10-20(30)28-8-7-17-12-29(14-22(17,13-28)15-31-4)18-6-5-16(11-27)19(9-18)23(24,25)26/h5-6,9,17H,7-8,10,12-15H2,1-4H3/t17-,22+/m1/s1. The normalized spacial score (nSPS) is 24.1. The minimum absolute atomic E-state index is 0.109. The minimum Gasteiger partial charge on any atom is -0.384 e. The number of piperidine rings is 1. The van der Waals surface area contributed by atoms with E-state index in [9.17, 15) is 18.0 Å². The van der Waals surface area contributed by atoms with E-state index >= 15 is 0 Å². The zero-order valence-corrected chi connectivity index (χ0v) is 18.6. The lowest BCUT2D eigenvalue weighted by atomic mass is 9.73. The molecule has 2 saturated heterocycles. The average molecular weight is 438 g/mol. The second kappa shape index (κ2) is 8.34. The maximum Gasteiger partial charge on any atom is 0.417 e. The highest BCUT2D eigenvalue weighted by Crippen LogP contribution is 2.45. The number of ether oxygens (including phenoxy) is 1. The molecule has 170 valence electrons. The van der Waals surface area contributed by atoms with E-state index in [4.69, 9.17) is 10.00 Å². The molecule has 3 rings (SSSR count). The van der Waals surface area contributed by atoms with Crippen LogP contribution in [0.4, 0.5) is 18.9 Å². The van der Waals surface area contributed by atoms with Crippen LogP contribution >= 0.6 is 0 Å². The van der Waals surface area contributed by atoms with Crippen molar-refractivity contribution in [3.8, 4) is 6.07 Å². The number of hydrogen-bond acceptors (Lipinski definition) is 4. The molecule has 0 bridgehead atoms. The smallest absolute Gasteiger partial charge is 0.384 e. The number of hydrogen-bond donors (Lipinski definition) is 0. The monoisotopic (exact) mass is 437 g/mol. The first-order valence-corrected chi connectivity index (χ1v) is 10.5. The summed E-state index contributed by atoms with van der Waals surface area (Å²) in [6, 6.07) is 5.52. The summed E-state index contributed by atoms with van der Waals surface area (Å²) in [7, 11) is 1.62. The second-order valence-corrected chi connectivity index (χ2v) is 10.1. The van der Waals surface area contributed by atoms with Crippen LogP contribution in [0.15, 0.2) is 18.2 Å². The van der Waals surface area contributed by atoms with Gasteiger partial charge in [-0.2, -0.15) is 18.4 Å². The van der Waals surface area contributed by atoms with Gasteiger partial charge in [0.05, 0.1) is 23.8 Å². The van der Waals surface area contributed by atoms with Gasteiger partial charge in [-0.25, -0.2) is 0 Å². The lowest BCUT2D eigenvalue weighted by molar-refractivity contribution is -0.139. The summed E-state index contributed by atoms with van der Waals surface area (Å²) in [6.07, 6.45) is -3.35. The van der Waals surface area contributed by atoms with Gasteiger partial charge in [0.25, 0.3) is 0 Å². The Morgan fingerprint density at radius 2 is 2.00 bits per heavy atom. The van der Waals surface area contributed by atoms with Crippen LogP contribution in [0, 0.1) is 28.1 Å². The van der Waals surface area contributed by atoms with E-state index in [1.807, 2.05) is 30.6 Å². The Bertz CT molecular complexity index is 872. The lowest BCUT2D eigenvalue weighted by Gasteiger charge is -2.44. The topological polar surface area (TPSA) is 56.6 Å². The van der Waals surface area contributed by atoms with E-state index in [0.29, 0.717) is 44.9 Å². The predicted octanol–water partition coefficient (Wildman–Crippen LogP) is 4.31. The number of nitriles is 1. The van der Waals surface area contributed by atoms with E-state index in [1.165, 1.54) is 6.07 Å². The average Bonchev–Trinajstić information content (AvgIpc) is 3.04. The second-order valence-electron chi connectivity index (χ2n) is 10.1. The summed E-state index contributed by atoms with van der Waals surface area (Å²) in [5.74, 6) is 0.328. The molecule has 1 aromatic carbocycles. The summed E-state index contributed by atoms with van der Waals surface area (Å²) < 4.78 is 45.8. The largest absolute Gasteiger partial charge is 0.417 e. The fraction of sp³-hybridized carbons (Fsp3) is 0.652. The number of alkyl halides is 3. The number of fused-ring (bicyclic) bond motifs is 1. The van der Waals surface area contributed by atoms with Gasteiger partial charge in [0.1, 0.15) is 0 Å². The van der Waals surface area contributed by atoms with Crippen LogP contribution in [-0.4, -0.2) is 50.7 Å². The van der Waals surface area contributed by atoms with Crippen molar-refractivity contribution in [2.75, 3.05) is 44.8 Å². The molecule has 1 aromatic rings. The van der Waals surface area contributed by atoms with E-state index in [1.54, 1.807) is 19.2 Å². The molecule has 0 N–H and O–H groups in total. The number of halogens is 3. The quantitative estimate of drug-likeness (QED) is 0.704. The molecule has 2 fully saturated rings. The van der Waals surface area contributed by atoms with Gasteiger partial charge in [-0.1, -0.05) is 20.8 Å². The lowest BCUT2D eigenvalue weighted by Crippen LogP contribution is -2.53. The number of nitrogens with zero attached hydrogens (tertiary/aromatic N) is 3. The molecular formula is C23H30F3N3O2. The molecule has 0 spiro atoms. The molecule has 8 heteroatoms. The van der Waals surface area contributed by atoms with Crippen LogP contribution in [0.25, 0.3) is 0 Å². The minimum atomic E-state index is -4.59. The van der Waals surface area contributed by atoms with Crippen molar-refractivity contribution in [2.24, 2.45) is 16.7 Å². The van der Waals surface area contributed by atoms with Gasteiger partial charge < -0.3 is 14.5 Å². The number of likely N-dealkylation sites (tertiary alicyclic amines) is 1. The van der Waals surface area contributed by atoms with Crippen molar-refractivity contribution in [3.63, 3.8) is 0 Å². The summed E-state index contributed by atoms with van der Waals surface area (Å²) in [5.41, 5.74) is -1.28. The van der Waals surface area contributed by atoms with E-state index < -0.39 is 11.7 Å². The zero-order chi connectivity index (χ0) is 23.0. The third-order valence-electron chi connectivity index (χ3n) is 6.33. The van der Waals surface area contributed by atoms with Crippen LogP contribution in [0.3, 0.4) is 0 Å². The fourth-order valence-corrected chi connectivity index (χ4v) is 4.91. The van der Waals surface area contributed by atoms with E-state index in [-0.39, 0.29) is 28.2 Å². The molecule has 1 amide bonds. The van der Waals surface area contributed by atoms with Crippen molar-refractivity contribution < 1.29 is 22.7 Å². The predicted molar refractivity (Wildman–Crippen MR) is 111 cm³/mol. The Kier molecular flexibility index (Phi) is 6.30. The Morgan fingerprint density at radius 1 is 1.29 bits per heavy atom. The first kappa shape index (κ1) is 23.4. The van der Waals surface area contributed by atoms with E-state index in [2.05, 4.69) is 0 Å². The highest BCUT2D eigenvalue weighted by molar-refractivity contribution is 5.77. The maximum absolute atomic E-state index is 13.4. The number of carbonyl (C=O) groups is 1. The first-order chi connectivity index (χ1) is 14.4. The van der Waals surface area contributed by atoms with Crippen LogP contribution in [0.2, 0.25) is 0 Å². The van der Waals surface area contributed by atoms with Crippen molar-refractivity contribution in [1.82, 2.24) is 4.90 Å². The van der Waals surface area contributed by atoms with Crippen LogP contribution < -0.4 is 4.90 Å². The van der Waals surface area contributed by atoms with Crippen LogP contribution in [-0.2, 0) is 15.7 Å². The molecule has 2 aliphatic rings. The fourth-order valence-electron chi connectivity index (χ4n) is 4.91. The molecule has 2 atom stereocenters. The molecule has 0 aliphatic carbocycles. The van der Waals surface area contributed by atoms with Gasteiger partial charge >= 0.3 is 6.18 Å². The number of benzene rings is 1. The molecule has 5 nitrogen and oxygen atoms in total. The van der Waals surface area contributed by atoms with Crippen LogP contribution in [0.1, 0.15) is 44.7 Å². The number of methoxy groups -OCH3 is 1. The Morgan fingerprint density at radius 3 is 2.58 bits per heavy atom. The molecule has 0 unspecified atom stereocenters. The molecule has 2 aliphatic heterocycles. The Hall–Kier alpha value is -2.27. The third-order valence-corrected chi connectivity index (χ3v) is 6.33. The van der Waals surface area contributed by atoms with Crippen molar-refractivity contribution in [1.29, 1.82) is 5.26 Å². The number of anilines is 1. The summed E-state index contributed by atoms with van der Waals surface area (Å²) >= 11 is 0. The molecular weight excluding hydrogens is 407 g/mol. The number of amides is 1. The first-order valence-electron chi connectivity index (χ1n) is 10.5. The Balaban J connectivity index is 1.86. The Labute approximate surface area is 181 Å². The molecule has 0 saturated carbocycles. The summed E-state index contributed by atoms with van der Waals surface area (Å²) in [4.78, 5) is 16.7. The zero-order valence-electron chi connectivity index (χ0n) is 18.6. The summed E-state index contributed by atoms with van der Waals surface area (Å²) in [5, 5.41) is 9.06. The van der Waals surface area contributed by atoms with Gasteiger partial charge in [0.15, 0.2) is 0 Å². The highest BCUT2D eigenvalue weighted by Gasteiger charge is 2.51. The molecule has 0 aromatic heterocycles. The third kappa shape index (κ3) is 4.98. The van der Waals surface area contributed by atoms with Crippen LogP contribution in [0.5, 0.6) is 0 Å². The number of rotatable bonds is 4. The van der Waals surface area contributed by atoms with E-state index in [0.717, 1.165) is 12.5 Å². The van der Waals surface area contributed by atoms with Gasteiger partial charge in [-0.3, -0.25) is 4.79 Å². The van der Waals surface area contributed by atoms with Crippen molar-refractivity contribution in [3.05, 3.63) is 29.3 Å². The molecule has 2 heterocycles. The van der Waals surface area contributed by atoms with Gasteiger partial charge in [-0.15, -0.1) is 0 Å². The van der Waals surface area contributed by atoms with Crippen molar-refractivity contribution in [2.45, 2.75) is 39.8 Å².